The summed E-state index contributed by atoms with van der Waals surface area (Å²) in [7, 11) is 0. The summed E-state index contributed by atoms with van der Waals surface area (Å²) in [5.74, 6) is -0.258. The van der Waals surface area contributed by atoms with Gasteiger partial charge < -0.3 is 5.32 Å². The van der Waals surface area contributed by atoms with Crippen molar-refractivity contribution in [3.63, 3.8) is 0 Å². The third kappa shape index (κ3) is 6.47. The van der Waals surface area contributed by atoms with Gasteiger partial charge in [0.2, 0.25) is 5.91 Å². The van der Waals surface area contributed by atoms with Gasteiger partial charge in [0.25, 0.3) is 0 Å². The molecule has 1 saturated heterocycles. The lowest BCUT2D eigenvalue weighted by Crippen LogP contribution is -2.50. The molecule has 24 heavy (non-hydrogen) atoms. The minimum atomic E-state index is -0.415. The van der Waals surface area contributed by atoms with Gasteiger partial charge in [-0.25, -0.2) is 4.79 Å². The highest BCUT2D eigenvalue weighted by molar-refractivity contribution is 6.30. The molecule has 1 aromatic rings. The van der Waals surface area contributed by atoms with Gasteiger partial charge in [0.1, 0.15) is 0 Å². The molecule has 6 nitrogen and oxygen atoms in total. The van der Waals surface area contributed by atoms with Crippen LogP contribution in [0, 0.1) is 0 Å². The number of carbonyl (C=O) groups excluding carboxylic acids is 2. The standard InChI is InChI=1S/C17H25ClN4O2/c1-2-6-19-17(24)20-16(23)13-22-9-7-21(8-10-22)12-14-4-3-5-15(18)11-14/h3-5,11H,2,6-10,12-13H2,1H3,(H2,19,20,23,24). The van der Waals surface area contributed by atoms with Gasteiger partial charge in [-0.05, 0) is 24.1 Å². The van der Waals surface area contributed by atoms with E-state index in [4.69, 9.17) is 11.6 Å². The Morgan fingerprint density at radius 1 is 1.17 bits per heavy atom. The number of nitrogens with zero attached hydrogens (tertiary/aromatic N) is 2. The van der Waals surface area contributed by atoms with Gasteiger partial charge >= 0.3 is 6.03 Å². The second-order valence-electron chi connectivity index (χ2n) is 5.99. The monoisotopic (exact) mass is 352 g/mol. The summed E-state index contributed by atoms with van der Waals surface area (Å²) >= 11 is 6.01. The molecule has 0 bridgehead atoms. The lowest BCUT2D eigenvalue weighted by atomic mass is 10.2. The first kappa shape index (κ1) is 18.7. The molecule has 1 aliphatic heterocycles. The average Bonchev–Trinajstić information content (AvgIpc) is 2.55. The van der Waals surface area contributed by atoms with Crippen molar-refractivity contribution in [3.05, 3.63) is 34.9 Å². The fourth-order valence-corrected chi connectivity index (χ4v) is 2.86. The quantitative estimate of drug-likeness (QED) is 0.817. The normalized spacial score (nSPS) is 15.9. The van der Waals surface area contributed by atoms with Gasteiger partial charge in [0.15, 0.2) is 0 Å². The molecule has 0 radical (unpaired) electrons. The Bertz CT molecular complexity index is 559. The van der Waals surface area contributed by atoms with E-state index in [0.29, 0.717) is 6.54 Å². The smallest absolute Gasteiger partial charge is 0.321 e. The molecule has 1 aliphatic rings. The first-order valence-corrected chi connectivity index (χ1v) is 8.71. The van der Waals surface area contributed by atoms with E-state index in [0.717, 1.165) is 44.2 Å². The fourth-order valence-electron chi connectivity index (χ4n) is 2.65. The molecule has 2 rings (SSSR count). The summed E-state index contributed by atoms with van der Waals surface area (Å²) in [5, 5.41) is 5.75. The van der Waals surface area contributed by atoms with Crippen LogP contribution < -0.4 is 10.6 Å². The van der Waals surface area contributed by atoms with Crippen molar-refractivity contribution in [1.29, 1.82) is 0 Å². The molecular weight excluding hydrogens is 328 g/mol. The largest absolute Gasteiger partial charge is 0.338 e. The minimum Gasteiger partial charge on any atom is -0.338 e. The Labute approximate surface area is 148 Å². The first-order chi connectivity index (χ1) is 11.6. The van der Waals surface area contributed by atoms with Crippen LogP contribution in [0.1, 0.15) is 18.9 Å². The van der Waals surface area contributed by atoms with Crippen molar-refractivity contribution >= 4 is 23.5 Å². The molecular formula is C17H25ClN4O2. The summed E-state index contributed by atoms with van der Waals surface area (Å²) in [6.07, 6.45) is 0.843. The summed E-state index contributed by atoms with van der Waals surface area (Å²) in [4.78, 5) is 27.7. The Balaban J connectivity index is 1.69. The van der Waals surface area contributed by atoms with Crippen LogP contribution >= 0.6 is 11.6 Å². The predicted molar refractivity (Wildman–Crippen MR) is 95.0 cm³/mol. The maximum Gasteiger partial charge on any atom is 0.321 e. The molecule has 7 heteroatoms. The number of hydrogen-bond acceptors (Lipinski definition) is 4. The van der Waals surface area contributed by atoms with Gasteiger partial charge in [-0.15, -0.1) is 0 Å². The predicted octanol–water partition coefficient (Wildman–Crippen LogP) is 1.69. The van der Waals surface area contributed by atoms with Crippen molar-refractivity contribution in [2.24, 2.45) is 0 Å². The van der Waals surface area contributed by atoms with E-state index < -0.39 is 6.03 Å². The maximum atomic E-state index is 11.9. The van der Waals surface area contributed by atoms with Gasteiger partial charge in [-0.2, -0.15) is 0 Å². The zero-order valence-electron chi connectivity index (χ0n) is 14.1. The Morgan fingerprint density at radius 3 is 2.54 bits per heavy atom. The van der Waals surface area contributed by atoms with Crippen LogP contribution in [0.4, 0.5) is 4.79 Å². The highest BCUT2D eigenvalue weighted by Crippen LogP contribution is 2.13. The molecule has 0 unspecified atom stereocenters. The summed E-state index contributed by atoms with van der Waals surface area (Å²) < 4.78 is 0. The van der Waals surface area contributed by atoms with Crippen LogP contribution in [0.3, 0.4) is 0 Å². The second-order valence-corrected chi connectivity index (χ2v) is 6.42. The van der Waals surface area contributed by atoms with Gasteiger partial charge in [-0.3, -0.25) is 19.9 Å². The lowest BCUT2D eigenvalue weighted by molar-refractivity contribution is -0.121. The van der Waals surface area contributed by atoms with E-state index in [1.807, 2.05) is 25.1 Å². The highest BCUT2D eigenvalue weighted by atomic mass is 35.5. The molecule has 1 heterocycles. The van der Waals surface area contributed by atoms with E-state index in [9.17, 15) is 9.59 Å². The molecule has 132 valence electrons. The van der Waals surface area contributed by atoms with Gasteiger partial charge in [0.05, 0.1) is 6.54 Å². The number of rotatable bonds is 6. The number of nitrogens with one attached hydrogen (secondary N) is 2. The third-order valence-electron chi connectivity index (χ3n) is 3.92. The molecule has 1 aromatic carbocycles. The number of benzene rings is 1. The van der Waals surface area contributed by atoms with Crippen LogP contribution in [0.2, 0.25) is 5.02 Å². The topological polar surface area (TPSA) is 64.7 Å². The molecule has 0 spiro atoms. The van der Waals surface area contributed by atoms with Crippen LogP contribution in [0.15, 0.2) is 24.3 Å². The Morgan fingerprint density at radius 2 is 1.88 bits per heavy atom. The third-order valence-corrected chi connectivity index (χ3v) is 4.15. The Kier molecular flexibility index (Phi) is 7.49. The van der Waals surface area contributed by atoms with E-state index in [1.54, 1.807) is 0 Å². The van der Waals surface area contributed by atoms with Crippen LogP contribution in [0.5, 0.6) is 0 Å². The SMILES string of the molecule is CCCNC(=O)NC(=O)CN1CCN(Cc2cccc(Cl)c2)CC1. The van der Waals surface area contributed by atoms with E-state index in [1.165, 1.54) is 5.56 Å². The fraction of sp³-hybridized carbons (Fsp3) is 0.529. The van der Waals surface area contributed by atoms with Crippen molar-refractivity contribution in [2.45, 2.75) is 19.9 Å². The van der Waals surface area contributed by atoms with Crippen molar-refractivity contribution in [1.82, 2.24) is 20.4 Å². The Hall–Kier alpha value is -1.63. The van der Waals surface area contributed by atoms with Gasteiger partial charge in [0, 0.05) is 44.3 Å². The lowest BCUT2D eigenvalue weighted by Gasteiger charge is -2.34. The van der Waals surface area contributed by atoms with Crippen molar-refractivity contribution < 1.29 is 9.59 Å². The first-order valence-electron chi connectivity index (χ1n) is 8.33. The second kappa shape index (κ2) is 9.61. The number of urea groups is 1. The van der Waals surface area contributed by atoms with E-state index >= 15 is 0 Å². The number of halogens is 1. The maximum absolute atomic E-state index is 11.9. The average molecular weight is 353 g/mol. The zero-order chi connectivity index (χ0) is 17.4. The van der Waals surface area contributed by atoms with Crippen LogP contribution in [-0.4, -0.2) is 61.0 Å². The van der Waals surface area contributed by atoms with E-state index in [2.05, 4.69) is 26.5 Å². The van der Waals surface area contributed by atoms with Crippen molar-refractivity contribution in [3.8, 4) is 0 Å². The molecule has 3 amide bonds. The number of hydrogen-bond donors (Lipinski definition) is 2. The van der Waals surface area contributed by atoms with E-state index in [-0.39, 0.29) is 12.5 Å². The van der Waals surface area contributed by atoms with Gasteiger partial charge in [-0.1, -0.05) is 30.7 Å². The highest BCUT2D eigenvalue weighted by Gasteiger charge is 2.19. The number of carbonyl (C=O) groups is 2. The summed E-state index contributed by atoms with van der Waals surface area (Å²) in [5.41, 5.74) is 1.20. The molecule has 0 aromatic heterocycles. The van der Waals surface area contributed by atoms with Crippen LogP contribution in [-0.2, 0) is 11.3 Å². The van der Waals surface area contributed by atoms with Crippen LogP contribution in [0.25, 0.3) is 0 Å². The summed E-state index contributed by atoms with van der Waals surface area (Å²) in [6, 6.07) is 7.47. The molecule has 1 fully saturated rings. The molecule has 2 N–H and O–H groups in total. The summed E-state index contributed by atoms with van der Waals surface area (Å²) in [6.45, 7) is 7.05. The number of imide groups is 1. The number of piperazine rings is 1. The van der Waals surface area contributed by atoms with Crippen molar-refractivity contribution in [2.75, 3.05) is 39.3 Å². The zero-order valence-corrected chi connectivity index (χ0v) is 14.8. The molecule has 0 saturated carbocycles. The minimum absolute atomic E-state index is 0.255. The number of amides is 3. The molecule has 0 aliphatic carbocycles. The molecule has 0 atom stereocenters.